The molecule has 0 aromatic heterocycles. The van der Waals surface area contributed by atoms with Gasteiger partial charge in [-0.1, -0.05) is 34.1 Å². The van der Waals surface area contributed by atoms with Crippen LogP contribution in [0.25, 0.3) is 0 Å². The van der Waals surface area contributed by atoms with E-state index >= 15 is 0 Å². The summed E-state index contributed by atoms with van der Waals surface area (Å²) >= 11 is 3.38. The molecule has 0 unspecified atom stereocenters. The van der Waals surface area contributed by atoms with Crippen LogP contribution in [0.2, 0.25) is 0 Å². The minimum absolute atomic E-state index is 0.0663. The van der Waals surface area contributed by atoms with Gasteiger partial charge in [0.1, 0.15) is 5.75 Å². The molecule has 0 spiro atoms. The third-order valence-corrected chi connectivity index (χ3v) is 7.89. The molecule has 7 nitrogen and oxygen atoms in total. The Bertz CT molecular complexity index is 1230. The lowest BCUT2D eigenvalue weighted by atomic mass is 9.85. The summed E-state index contributed by atoms with van der Waals surface area (Å²) in [4.78, 5) is 54.3. The van der Waals surface area contributed by atoms with Crippen LogP contribution in [0.15, 0.2) is 65.2 Å². The number of imide groups is 1. The number of allylic oxidation sites excluding steroid dienone is 2. The highest BCUT2D eigenvalue weighted by molar-refractivity contribution is 9.10. The molecule has 172 valence electrons. The van der Waals surface area contributed by atoms with Crippen LogP contribution in [0.3, 0.4) is 0 Å². The van der Waals surface area contributed by atoms with Crippen LogP contribution in [0.5, 0.6) is 5.75 Å². The van der Waals surface area contributed by atoms with Gasteiger partial charge in [0.25, 0.3) is 0 Å². The maximum Gasteiger partial charge on any atom is 0.316 e. The van der Waals surface area contributed by atoms with E-state index in [1.165, 1.54) is 4.90 Å². The fourth-order valence-corrected chi connectivity index (χ4v) is 6.04. The molecular formula is C26H21BrN2O5. The van der Waals surface area contributed by atoms with Gasteiger partial charge in [-0.15, -0.1) is 0 Å². The molecule has 8 heteroatoms. The van der Waals surface area contributed by atoms with Gasteiger partial charge in [-0.3, -0.25) is 19.2 Å². The van der Waals surface area contributed by atoms with Gasteiger partial charge in [0.15, 0.2) is 0 Å². The van der Waals surface area contributed by atoms with Crippen LogP contribution in [0.1, 0.15) is 12.8 Å². The van der Waals surface area contributed by atoms with Gasteiger partial charge in [0.05, 0.1) is 23.4 Å². The number of rotatable bonds is 4. The van der Waals surface area contributed by atoms with Crippen molar-refractivity contribution in [3.63, 3.8) is 0 Å². The van der Waals surface area contributed by atoms with Crippen LogP contribution in [0.4, 0.5) is 11.4 Å². The van der Waals surface area contributed by atoms with Crippen molar-refractivity contribution in [2.45, 2.75) is 12.8 Å². The second kappa shape index (κ2) is 7.91. The summed E-state index contributed by atoms with van der Waals surface area (Å²) in [6, 6.07) is 13.8. The number of hydrogen-bond acceptors (Lipinski definition) is 5. The van der Waals surface area contributed by atoms with Crippen LogP contribution in [-0.4, -0.2) is 30.2 Å². The average molecular weight is 521 g/mol. The Morgan fingerprint density at radius 1 is 0.912 bits per heavy atom. The van der Waals surface area contributed by atoms with Crippen molar-refractivity contribution in [1.82, 2.24) is 0 Å². The highest BCUT2D eigenvalue weighted by Gasteiger charge is 2.59. The van der Waals surface area contributed by atoms with Gasteiger partial charge in [0, 0.05) is 29.2 Å². The molecule has 2 saturated heterocycles. The molecule has 1 saturated carbocycles. The van der Waals surface area contributed by atoms with Gasteiger partial charge in [0.2, 0.25) is 17.7 Å². The molecule has 3 fully saturated rings. The zero-order valence-corrected chi connectivity index (χ0v) is 19.7. The maximum absolute atomic E-state index is 13.1. The predicted octanol–water partition coefficient (Wildman–Crippen LogP) is 3.72. The van der Waals surface area contributed by atoms with Gasteiger partial charge < -0.3 is 9.64 Å². The van der Waals surface area contributed by atoms with Crippen molar-refractivity contribution in [1.29, 1.82) is 0 Å². The van der Waals surface area contributed by atoms with Crippen LogP contribution < -0.4 is 14.5 Å². The van der Waals surface area contributed by atoms with E-state index in [0.29, 0.717) is 5.69 Å². The molecule has 4 aliphatic rings. The first-order valence-corrected chi connectivity index (χ1v) is 12.1. The van der Waals surface area contributed by atoms with E-state index in [1.807, 2.05) is 24.3 Å². The lowest BCUT2D eigenvalue weighted by Crippen LogP contribution is -2.32. The number of benzene rings is 2. The van der Waals surface area contributed by atoms with Gasteiger partial charge >= 0.3 is 5.97 Å². The topological polar surface area (TPSA) is 84.0 Å². The summed E-state index contributed by atoms with van der Waals surface area (Å²) in [7, 11) is 0. The van der Waals surface area contributed by atoms with Crippen molar-refractivity contribution < 1.29 is 23.9 Å². The van der Waals surface area contributed by atoms with Gasteiger partial charge in [-0.2, -0.15) is 0 Å². The number of nitrogens with zero attached hydrogens (tertiary/aromatic N) is 2. The zero-order chi connectivity index (χ0) is 23.6. The number of fused-ring (bicyclic) bond motifs is 5. The molecule has 2 aromatic rings. The number of anilines is 2. The molecule has 6 rings (SSSR count). The Morgan fingerprint density at radius 2 is 1.59 bits per heavy atom. The quantitative estimate of drug-likeness (QED) is 0.265. The summed E-state index contributed by atoms with van der Waals surface area (Å²) in [5.74, 6) is -1.68. The summed E-state index contributed by atoms with van der Waals surface area (Å²) in [6.07, 6.45) is 5.05. The Labute approximate surface area is 204 Å². The Kier molecular flexibility index (Phi) is 4.95. The second-order valence-corrected chi connectivity index (χ2v) is 10.2. The highest BCUT2D eigenvalue weighted by atomic mass is 79.9. The minimum atomic E-state index is -0.601. The van der Waals surface area contributed by atoms with E-state index < -0.39 is 11.9 Å². The summed E-state index contributed by atoms with van der Waals surface area (Å²) in [6.45, 7) is 0.237. The summed E-state index contributed by atoms with van der Waals surface area (Å²) < 4.78 is 6.49. The smallest absolute Gasteiger partial charge is 0.316 e. The van der Waals surface area contributed by atoms with Crippen molar-refractivity contribution >= 4 is 51.0 Å². The molecule has 0 radical (unpaired) electrons. The number of amides is 3. The standard InChI is InChI=1S/C26H21BrN2O5/c27-17-6-8-18(9-7-17)28-13-16(11-21(28)30)26(33)34-20-3-1-2-19(12-20)29-24(31)22-14-4-5-15(10-14)23(22)25(29)32/h1-9,12,14-16,22-23H,10-11,13H2/t14-,15-,16-,22-,23+/m0/s1. The Hall–Kier alpha value is -3.26. The van der Waals surface area contributed by atoms with E-state index in [1.54, 1.807) is 29.2 Å². The third-order valence-electron chi connectivity index (χ3n) is 7.36. The number of carbonyl (C=O) groups is 4. The molecule has 2 heterocycles. The van der Waals surface area contributed by atoms with E-state index in [2.05, 4.69) is 28.1 Å². The van der Waals surface area contributed by atoms with Crippen molar-refractivity contribution in [3.05, 3.63) is 65.2 Å². The van der Waals surface area contributed by atoms with Crippen LogP contribution >= 0.6 is 15.9 Å². The van der Waals surface area contributed by atoms with E-state index in [-0.39, 0.29) is 60.1 Å². The summed E-state index contributed by atoms with van der Waals surface area (Å²) in [5.41, 5.74) is 1.14. The van der Waals surface area contributed by atoms with E-state index in [9.17, 15) is 19.2 Å². The fourth-order valence-electron chi connectivity index (χ4n) is 5.78. The highest BCUT2D eigenvalue weighted by Crippen LogP contribution is 2.53. The molecule has 2 aliphatic heterocycles. The molecule has 2 aliphatic carbocycles. The number of ether oxygens (including phenoxy) is 1. The lowest BCUT2D eigenvalue weighted by Gasteiger charge is -2.18. The molecule has 2 bridgehead atoms. The average Bonchev–Trinajstić information content (AvgIpc) is 3.58. The first-order chi connectivity index (χ1) is 16.4. The molecular weight excluding hydrogens is 500 g/mol. The van der Waals surface area contributed by atoms with Gasteiger partial charge in [-0.05, 0) is 54.7 Å². The Morgan fingerprint density at radius 3 is 2.26 bits per heavy atom. The van der Waals surface area contributed by atoms with Crippen molar-refractivity contribution in [3.8, 4) is 5.75 Å². The second-order valence-electron chi connectivity index (χ2n) is 9.31. The number of carbonyl (C=O) groups excluding carboxylic acids is 4. The van der Waals surface area contributed by atoms with Crippen LogP contribution in [-0.2, 0) is 19.2 Å². The maximum atomic E-state index is 13.1. The van der Waals surface area contributed by atoms with Crippen molar-refractivity contribution in [2.75, 3.05) is 16.3 Å². The minimum Gasteiger partial charge on any atom is -0.426 e. The molecule has 0 N–H and O–H groups in total. The Balaban J connectivity index is 1.16. The monoisotopic (exact) mass is 520 g/mol. The first kappa shape index (κ1) is 21.3. The summed E-state index contributed by atoms with van der Waals surface area (Å²) in [5, 5.41) is 0. The lowest BCUT2D eigenvalue weighted by molar-refractivity contribution is -0.139. The normalized spacial score (nSPS) is 29.3. The third kappa shape index (κ3) is 3.31. The SMILES string of the molecule is O=C(Oc1cccc(N2C(=O)[C@@H]3[C@H](C2=O)[C@H]2C=C[C@H]3C2)c1)[C@H]1CC(=O)N(c2ccc(Br)cc2)C1. The first-order valence-electron chi connectivity index (χ1n) is 11.3. The van der Waals surface area contributed by atoms with Crippen LogP contribution in [0, 0.1) is 29.6 Å². The number of hydrogen-bond donors (Lipinski definition) is 0. The number of esters is 1. The van der Waals surface area contributed by atoms with Gasteiger partial charge in [-0.25, -0.2) is 4.90 Å². The predicted molar refractivity (Wildman–Crippen MR) is 127 cm³/mol. The molecule has 2 aromatic carbocycles. The van der Waals surface area contributed by atoms with Crippen molar-refractivity contribution in [2.24, 2.45) is 29.6 Å². The van der Waals surface area contributed by atoms with E-state index in [4.69, 9.17) is 4.74 Å². The zero-order valence-electron chi connectivity index (χ0n) is 18.1. The molecule has 3 amide bonds. The fraction of sp³-hybridized carbons (Fsp3) is 0.308. The number of halogens is 1. The molecule has 34 heavy (non-hydrogen) atoms. The molecule has 5 atom stereocenters. The van der Waals surface area contributed by atoms with E-state index in [0.717, 1.165) is 16.6 Å². The largest absolute Gasteiger partial charge is 0.426 e.